The Morgan fingerprint density at radius 1 is 1.25 bits per heavy atom. The zero-order chi connectivity index (χ0) is 8.88. The third-order valence-corrected chi connectivity index (χ3v) is 4.33. The minimum Gasteiger partial charge on any atom is -0.300 e. The lowest BCUT2D eigenvalue weighted by molar-refractivity contribution is 0.119. The lowest BCUT2D eigenvalue weighted by atomic mass is 9.81. The second-order valence-corrected chi connectivity index (χ2v) is 5.10. The summed E-state index contributed by atoms with van der Waals surface area (Å²) in [6.07, 6.45) is 2.93. The van der Waals surface area contributed by atoms with Gasteiger partial charge in [0.25, 0.3) is 0 Å². The van der Waals surface area contributed by atoms with Crippen molar-refractivity contribution in [3.8, 4) is 0 Å². The van der Waals surface area contributed by atoms with Crippen LogP contribution in [0.3, 0.4) is 0 Å². The second kappa shape index (κ2) is 2.73. The number of piperidine rings is 1. The highest BCUT2D eigenvalue weighted by atomic mass is 15.2. The quantitative estimate of drug-likeness (QED) is 0.579. The van der Waals surface area contributed by atoms with Gasteiger partial charge >= 0.3 is 0 Å². The van der Waals surface area contributed by atoms with Gasteiger partial charge in [-0.2, -0.15) is 0 Å². The van der Waals surface area contributed by atoms with Gasteiger partial charge in [-0.1, -0.05) is 13.8 Å². The molecule has 0 N–H and O–H groups in total. The lowest BCUT2D eigenvalue weighted by Crippen LogP contribution is -2.40. The summed E-state index contributed by atoms with van der Waals surface area (Å²) in [5.74, 6) is 2.91. The number of likely N-dealkylation sites (tertiary alicyclic amines) is 1. The predicted octanol–water partition coefficient (Wildman–Crippen LogP) is 2.37. The number of hydrogen-bond donors (Lipinski definition) is 0. The molecule has 2 rings (SSSR count). The molecule has 4 atom stereocenters. The average molecular weight is 167 g/mol. The van der Waals surface area contributed by atoms with E-state index >= 15 is 0 Å². The van der Waals surface area contributed by atoms with Crippen LogP contribution < -0.4 is 0 Å². The van der Waals surface area contributed by atoms with Crippen molar-refractivity contribution in [1.29, 1.82) is 0 Å². The third-order valence-electron chi connectivity index (χ3n) is 4.33. The molecule has 2 bridgehead atoms. The molecule has 1 nitrogen and oxygen atoms in total. The van der Waals surface area contributed by atoms with Crippen LogP contribution in [0.25, 0.3) is 0 Å². The van der Waals surface area contributed by atoms with Gasteiger partial charge in [0.15, 0.2) is 0 Å². The molecule has 1 heteroatoms. The Bertz CT molecular complexity index is 174. The molecule has 0 aromatic carbocycles. The molecular formula is C11H21N. The van der Waals surface area contributed by atoms with Gasteiger partial charge in [-0.3, -0.25) is 0 Å². The van der Waals surface area contributed by atoms with Crippen LogP contribution in [-0.2, 0) is 0 Å². The largest absolute Gasteiger partial charge is 0.300 e. The first-order valence-corrected chi connectivity index (χ1v) is 5.33. The van der Waals surface area contributed by atoms with Crippen LogP contribution in [0, 0.1) is 17.8 Å². The molecule has 1 saturated heterocycles. The molecule has 1 unspecified atom stereocenters. The Balaban J connectivity index is 2.10. The Morgan fingerprint density at radius 3 is 2.33 bits per heavy atom. The van der Waals surface area contributed by atoms with E-state index in [1.807, 2.05) is 0 Å². The van der Waals surface area contributed by atoms with Crippen molar-refractivity contribution >= 4 is 0 Å². The first-order chi connectivity index (χ1) is 5.61. The number of fused-ring (bicyclic) bond motifs is 2. The van der Waals surface area contributed by atoms with E-state index in [1.54, 1.807) is 0 Å². The summed E-state index contributed by atoms with van der Waals surface area (Å²) in [7, 11) is 2.30. The molecule has 0 radical (unpaired) electrons. The van der Waals surface area contributed by atoms with Crippen molar-refractivity contribution in [3.63, 3.8) is 0 Å². The molecule has 1 aliphatic heterocycles. The van der Waals surface area contributed by atoms with Gasteiger partial charge < -0.3 is 4.90 Å². The molecule has 2 aliphatic rings. The molecule has 0 aromatic heterocycles. The van der Waals surface area contributed by atoms with Gasteiger partial charge in [0.2, 0.25) is 0 Å². The summed E-state index contributed by atoms with van der Waals surface area (Å²) in [4.78, 5) is 2.59. The standard InChI is InChI=1S/C11H21N/c1-7(2)10-5-9-6-11(10)8(3)12(9)4/h7-11H,5-6H2,1-4H3/t8?,9-,10-,11+/m1/s1. The summed E-state index contributed by atoms with van der Waals surface area (Å²) in [6, 6.07) is 1.76. The van der Waals surface area contributed by atoms with E-state index in [9.17, 15) is 0 Å². The number of hydrogen-bond acceptors (Lipinski definition) is 1. The zero-order valence-electron chi connectivity index (χ0n) is 8.75. The lowest BCUT2D eigenvalue weighted by Gasteiger charge is -2.36. The Hall–Kier alpha value is -0.0400. The average Bonchev–Trinajstić information content (AvgIpc) is 2.53. The van der Waals surface area contributed by atoms with E-state index < -0.39 is 0 Å². The summed E-state index contributed by atoms with van der Waals surface area (Å²) >= 11 is 0. The number of nitrogens with zero attached hydrogens (tertiary/aromatic N) is 1. The zero-order valence-corrected chi connectivity index (χ0v) is 8.75. The molecule has 2 fully saturated rings. The third kappa shape index (κ3) is 1.02. The SMILES string of the molecule is CC(C)[C@H]1C[C@@H]2C[C@H]1C(C)N2C. The van der Waals surface area contributed by atoms with Crippen molar-refractivity contribution in [2.45, 2.75) is 45.7 Å². The van der Waals surface area contributed by atoms with Crippen LogP contribution in [0.5, 0.6) is 0 Å². The molecule has 12 heavy (non-hydrogen) atoms. The van der Waals surface area contributed by atoms with Crippen molar-refractivity contribution in [3.05, 3.63) is 0 Å². The second-order valence-electron chi connectivity index (χ2n) is 5.10. The minimum absolute atomic E-state index is 0.844. The van der Waals surface area contributed by atoms with Gasteiger partial charge in [0.05, 0.1) is 0 Å². The van der Waals surface area contributed by atoms with Crippen molar-refractivity contribution in [2.75, 3.05) is 7.05 Å². The van der Waals surface area contributed by atoms with E-state index in [1.165, 1.54) is 12.8 Å². The minimum atomic E-state index is 0.844. The first-order valence-electron chi connectivity index (χ1n) is 5.33. The maximum atomic E-state index is 2.59. The highest BCUT2D eigenvalue weighted by Crippen LogP contribution is 2.48. The van der Waals surface area contributed by atoms with Crippen molar-refractivity contribution < 1.29 is 0 Å². The van der Waals surface area contributed by atoms with E-state index in [-0.39, 0.29) is 0 Å². The molecule has 0 aromatic rings. The van der Waals surface area contributed by atoms with E-state index in [2.05, 4.69) is 32.7 Å². The summed E-state index contributed by atoms with van der Waals surface area (Å²) in [5, 5.41) is 0. The van der Waals surface area contributed by atoms with Gasteiger partial charge in [-0.05, 0) is 44.6 Å². The fourth-order valence-corrected chi connectivity index (χ4v) is 3.36. The van der Waals surface area contributed by atoms with Crippen LogP contribution in [-0.4, -0.2) is 24.0 Å². The van der Waals surface area contributed by atoms with E-state index in [0.29, 0.717) is 0 Å². The van der Waals surface area contributed by atoms with Gasteiger partial charge in [-0.25, -0.2) is 0 Å². The molecular weight excluding hydrogens is 146 g/mol. The van der Waals surface area contributed by atoms with Crippen molar-refractivity contribution in [1.82, 2.24) is 4.90 Å². The van der Waals surface area contributed by atoms with Gasteiger partial charge in [0.1, 0.15) is 0 Å². The van der Waals surface area contributed by atoms with E-state index in [4.69, 9.17) is 0 Å². The van der Waals surface area contributed by atoms with Gasteiger partial charge in [0, 0.05) is 12.1 Å². The summed E-state index contributed by atoms with van der Waals surface area (Å²) in [5.41, 5.74) is 0. The molecule has 70 valence electrons. The van der Waals surface area contributed by atoms with Crippen LogP contribution >= 0.6 is 0 Å². The Morgan fingerprint density at radius 2 is 1.92 bits per heavy atom. The smallest absolute Gasteiger partial charge is 0.0101 e. The maximum Gasteiger partial charge on any atom is 0.0101 e. The van der Waals surface area contributed by atoms with Crippen LogP contribution in [0.2, 0.25) is 0 Å². The molecule has 0 spiro atoms. The fourth-order valence-electron chi connectivity index (χ4n) is 3.36. The molecule has 1 aliphatic carbocycles. The van der Waals surface area contributed by atoms with Crippen LogP contribution in [0.4, 0.5) is 0 Å². The van der Waals surface area contributed by atoms with Crippen LogP contribution in [0.1, 0.15) is 33.6 Å². The number of rotatable bonds is 1. The fraction of sp³-hybridized carbons (Fsp3) is 1.00. The van der Waals surface area contributed by atoms with Crippen LogP contribution in [0.15, 0.2) is 0 Å². The Kier molecular flexibility index (Phi) is 1.95. The van der Waals surface area contributed by atoms with E-state index in [0.717, 1.165) is 29.8 Å². The highest BCUT2D eigenvalue weighted by Gasteiger charge is 2.48. The molecule has 1 heterocycles. The van der Waals surface area contributed by atoms with Crippen molar-refractivity contribution in [2.24, 2.45) is 17.8 Å². The summed E-state index contributed by atoms with van der Waals surface area (Å²) in [6.45, 7) is 7.18. The maximum absolute atomic E-state index is 2.59. The summed E-state index contributed by atoms with van der Waals surface area (Å²) < 4.78 is 0. The van der Waals surface area contributed by atoms with Gasteiger partial charge in [-0.15, -0.1) is 0 Å². The topological polar surface area (TPSA) is 3.24 Å². The monoisotopic (exact) mass is 167 g/mol. The molecule has 1 saturated carbocycles. The Labute approximate surface area is 76.1 Å². The normalized spacial score (nSPS) is 47.8. The first kappa shape index (κ1) is 8.55. The molecule has 0 amide bonds. The highest BCUT2D eigenvalue weighted by molar-refractivity contribution is 5.01. The predicted molar refractivity (Wildman–Crippen MR) is 52.1 cm³/mol.